The summed E-state index contributed by atoms with van der Waals surface area (Å²) in [4.78, 5) is 5.08. The second kappa shape index (κ2) is 8.89. The van der Waals surface area contributed by atoms with Crippen molar-refractivity contribution in [3.05, 3.63) is 0 Å². The van der Waals surface area contributed by atoms with Crippen molar-refractivity contribution in [3.63, 3.8) is 0 Å². The zero-order valence-corrected chi connectivity index (χ0v) is 12.9. The number of likely N-dealkylation sites (N-methyl/N-ethyl adjacent to an activating group) is 1. The van der Waals surface area contributed by atoms with Crippen molar-refractivity contribution >= 4 is 0 Å². The minimum Gasteiger partial charge on any atom is -0.313 e. The molecule has 0 aromatic carbocycles. The number of nitrogens with one attached hydrogen (secondary N) is 1. The normalized spacial score (nSPS) is 23.5. The van der Waals surface area contributed by atoms with Crippen molar-refractivity contribution in [3.8, 4) is 0 Å². The average Bonchev–Trinajstić information content (AvgIpc) is 2.43. The van der Waals surface area contributed by atoms with E-state index in [1.165, 1.54) is 52.1 Å². The van der Waals surface area contributed by atoms with E-state index in [4.69, 9.17) is 0 Å². The molecule has 1 heterocycles. The molecule has 3 nitrogen and oxygen atoms in total. The molecule has 0 saturated carbocycles. The standard InChI is InChI=1S/C15H33N3/c1-5-17(6-2)12-10-16-14(4)15-9-8-11-18(7-3)13-15/h14-16H,5-13H2,1-4H3. The van der Waals surface area contributed by atoms with Gasteiger partial charge in [-0.15, -0.1) is 0 Å². The quantitative estimate of drug-likeness (QED) is 0.716. The third-order valence-electron chi connectivity index (χ3n) is 4.49. The van der Waals surface area contributed by atoms with E-state index in [2.05, 4.69) is 42.8 Å². The summed E-state index contributed by atoms with van der Waals surface area (Å²) < 4.78 is 0. The first kappa shape index (κ1) is 15.9. The Labute approximate surface area is 114 Å². The largest absolute Gasteiger partial charge is 0.313 e. The van der Waals surface area contributed by atoms with Gasteiger partial charge in [0.05, 0.1) is 0 Å². The van der Waals surface area contributed by atoms with Crippen LogP contribution in [0.15, 0.2) is 0 Å². The minimum atomic E-state index is 0.662. The highest BCUT2D eigenvalue weighted by molar-refractivity contribution is 4.80. The second-order valence-electron chi connectivity index (χ2n) is 5.57. The molecule has 0 bridgehead atoms. The van der Waals surface area contributed by atoms with Gasteiger partial charge < -0.3 is 15.1 Å². The summed E-state index contributed by atoms with van der Waals surface area (Å²) in [7, 11) is 0. The van der Waals surface area contributed by atoms with Crippen LogP contribution in [0.4, 0.5) is 0 Å². The Morgan fingerprint density at radius 2 is 2.00 bits per heavy atom. The number of piperidine rings is 1. The van der Waals surface area contributed by atoms with Crippen LogP contribution in [-0.4, -0.2) is 61.7 Å². The molecule has 108 valence electrons. The van der Waals surface area contributed by atoms with E-state index >= 15 is 0 Å². The predicted octanol–water partition coefficient (Wildman–Crippen LogP) is 2.04. The molecule has 18 heavy (non-hydrogen) atoms. The fraction of sp³-hybridized carbons (Fsp3) is 1.00. The van der Waals surface area contributed by atoms with Crippen LogP contribution in [0, 0.1) is 5.92 Å². The SMILES string of the molecule is CCN(CC)CCNC(C)C1CCCN(CC)C1. The van der Waals surface area contributed by atoms with Crippen molar-refractivity contribution in [2.45, 2.75) is 46.6 Å². The maximum absolute atomic E-state index is 3.73. The van der Waals surface area contributed by atoms with E-state index in [0.717, 1.165) is 12.5 Å². The molecule has 2 unspecified atom stereocenters. The lowest BCUT2D eigenvalue weighted by molar-refractivity contribution is 0.155. The molecule has 1 N–H and O–H groups in total. The molecule has 0 amide bonds. The monoisotopic (exact) mass is 255 g/mol. The highest BCUT2D eigenvalue weighted by Crippen LogP contribution is 2.19. The molecular weight excluding hydrogens is 222 g/mol. The number of nitrogens with zero attached hydrogens (tertiary/aromatic N) is 2. The molecule has 2 atom stereocenters. The van der Waals surface area contributed by atoms with E-state index < -0.39 is 0 Å². The smallest absolute Gasteiger partial charge is 0.0107 e. The van der Waals surface area contributed by atoms with Crippen molar-refractivity contribution in [2.24, 2.45) is 5.92 Å². The summed E-state index contributed by atoms with van der Waals surface area (Å²) >= 11 is 0. The van der Waals surface area contributed by atoms with Crippen LogP contribution >= 0.6 is 0 Å². The summed E-state index contributed by atoms with van der Waals surface area (Å²) in [6.07, 6.45) is 2.77. The summed E-state index contributed by atoms with van der Waals surface area (Å²) in [6.45, 7) is 17.6. The van der Waals surface area contributed by atoms with Gasteiger partial charge in [-0.2, -0.15) is 0 Å². The van der Waals surface area contributed by atoms with Crippen molar-refractivity contribution < 1.29 is 0 Å². The summed E-state index contributed by atoms with van der Waals surface area (Å²) in [5.41, 5.74) is 0. The Kier molecular flexibility index (Phi) is 7.87. The highest BCUT2D eigenvalue weighted by Gasteiger charge is 2.23. The maximum atomic E-state index is 3.73. The van der Waals surface area contributed by atoms with Gasteiger partial charge in [0.2, 0.25) is 0 Å². The fourth-order valence-corrected chi connectivity index (χ4v) is 2.94. The van der Waals surface area contributed by atoms with Crippen molar-refractivity contribution in [1.82, 2.24) is 15.1 Å². The molecule has 0 aromatic rings. The Balaban J connectivity index is 2.21. The first-order valence-corrected chi connectivity index (χ1v) is 7.89. The van der Waals surface area contributed by atoms with Gasteiger partial charge in [-0.05, 0) is 51.9 Å². The topological polar surface area (TPSA) is 18.5 Å². The van der Waals surface area contributed by atoms with Gasteiger partial charge in [0.1, 0.15) is 0 Å². The van der Waals surface area contributed by atoms with Crippen LogP contribution in [-0.2, 0) is 0 Å². The van der Waals surface area contributed by atoms with Gasteiger partial charge in [0.25, 0.3) is 0 Å². The molecular formula is C15H33N3. The summed E-state index contributed by atoms with van der Waals surface area (Å²) in [6, 6.07) is 0.662. The number of hydrogen-bond acceptors (Lipinski definition) is 3. The third-order valence-corrected chi connectivity index (χ3v) is 4.49. The molecule has 1 aliphatic heterocycles. The van der Waals surface area contributed by atoms with Crippen LogP contribution in [0.25, 0.3) is 0 Å². The molecule has 1 saturated heterocycles. The van der Waals surface area contributed by atoms with Crippen LogP contribution in [0.1, 0.15) is 40.5 Å². The average molecular weight is 255 g/mol. The third kappa shape index (κ3) is 5.25. The Morgan fingerprint density at radius 3 is 2.61 bits per heavy atom. The molecule has 0 aliphatic carbocycles. The zero-order chi connectivity index (χ0) is 13.4. The van der Waals surface area contributed by atoms with Gasteiger partial charge in [0.15, 0.2) is 0 Å². The van der Waals surface area contributed by atoms with E-state index in [1.807, 2.05) is 0 Å². The molecule has 0 radical (unpaired) electrons. The van der Waals surface area contributed by atoms with E-state index in [9.17, 15) is 0 Å². The Morgan fingerprint density at radius 1 is 1.28 bits per heavy atom. The molecule has 3 heteroatoms. The summed E-state index contributed by atoms with van der Waals surface area (Å²) in [5, 5.41) is 3.73. The van der Waals surface area contributed by atoms with Gasteiger partial charge in [-0.25, -0.2) is 0 Å². The van der Waals surface area contributed by atoms with E-state index in [0.29, 0.717) is 6.04 Å². The van der Waals surface area contributed by atoms with Crippen LogP contribution in [0.2, 0.25) is 0 Å². The molecule has 0 aromatic heterocycles. The highest BCUT2D eigenvalue weighted by atomic mass is 15.1. The Bertz CT molecular complexity index is 204. The molecule has 1 aliphatic rings. The first-order chi connectivity index (χ1) is 8.71. The number of hydrogen-bond donors (Lipinski definition) is 1. The maximum Gasteiger partial charge on any atom is 0.0107 e. The lowest BCUT2D eigenvalue weighted by Gasteiger charge is -2.35. The van der Waals surface area contributed by atoms with Crippen molar-refractivity contribution in [1.29, 1.82) is 0 Å². The molecule has 1 fully saturated rings. The van der Waals surface area contributed by atoms with Crippen LogP contribution in [0.5, 0.6) is 0 Å². The number of likely N-dealkylation sites (tertiary alicyclic amines) is 1. The second-order valence-corrected chi connectivity index (χ2v) is 5.57. The minimum absolute atomic E-state index is 0.662. The first-order valence-electron chi connectivity index (χ1n) is 7.89. The Hall–Kier alpha value is -0.120. The fourth-order valence-electron chi connectivity index (χ4n) is 2.94. The zero-order valence-electron chi connectivity index (χ0n) is 12.9. The van der Waals surface area contributed by atoms with Crippen molar-refractivity contribution in [2.75, 3.05) is 45.8 Å². The molecule has 1 rings (SSSR count). The van der Waals surface area contributed by atoms with Gasteiger partial charge >= 0.3 is 0 Å². The van der Waals surface area contributed by atoms with E-state index in [-0.39, 0.29) is 0 Å². The van der Waals surface area contributed by atoms with Crippen LogP contribution < -0.4 is 5.32 Å². The molecule has 0 spiro atoms. The summed E-state index contributed by atoms with van der Waals surface area (Å²) in [5.74, 6) is 0.843. The predicted molar refractivity (Wildman–Crippen MR) is 80.1 cm³/mol. The number of rotatable bonds is 8. The van der Waals surface area contributed by atoms with Crippen LogP contribution in [0.3, 0.4) is 0 Å². The van der Waals surface area contributed by atoms with Gasteiger partial charge in [-0.1, -0.05) is 20.8 Å². The van der Waals surface area contributed by atoms with Gasteiger partial charge in [0, 0.05) is 25.7 Å². The van der Waals surface area contributed by atoms with Gasteiger partial charge in [-0.3, -0.25) is 0 Å². The lowest BCUT2D eigenvalue weighted by Crippen LogP contribution is -2.46. The lowest BCUT2D eigenvalue weighted by atomic mass is 9.91. The van der Waals surface area contributed by atoms with E-state index in [1.54, 1.807) is 0 Å².